The fourth-order valence-electron chi connectivity index (χ4n) is 2.75. The highest BCUT2D eigenvalue weighted by Crippen LogP contribution is 2.28. The molecule has 162 valence electrons. The normalized spacial score (nSPS) is 16.8. The lowest BCUT2D eigenvalue weighted by atomic mass is 10.1. The molecule has 0 saturated carbocycles. The number of imide groups is 1. The monoisotopic (exact) mass is 425 g/mol. The Balaban J connectivity index is 1.49. The van der Waals surface area contributed by atoms with E-state index in [9.17, 15) is 9.59 Å². The second-order valence-corrected chi connectivity index (χ2v) is 7.91. The maximum Gasteiger partial charge on any atom is 0.240 e. The van der Waals surface area contributed by atoms with Crippen molar-refractivity contribution in [3.8, 4) is 0 Å². The van der Waals surface area contributed by atoms with Gasteiger partial charge in [0.15, 0.2) is 0 Å². The maximum absolute atomic E-state index is 11.8. The van der Waals surface area contributed by atoms with Crippen LogP contribution in [-0.2, 0) is 35.0 Å². The molecular weight excluding hydrogens is 394 g/mol. The molecule has 0 bridgehead atoms. The molecule has 2 rings (SSSR count). The number of ether oxygens (including phenoxy) is 4. The Morgan fingerprint density at radius 2 is 1.55 bits per heavy atom. The Bertz CT molecular complexity index is 610. The number of amides is 2. The summed E-state index contributed by atoms with van der Waals surface area (Å²) in [5, 5.41) is 2.21. The molecule has 1 aliphatic heterocycles. The van der Waals surface area contributed by atoms with E-state index in [4.69, 9.17) is 18.9 Å². The third kappa shape index (κ3) is 10.2. The van der Waals surface area contributed by atoms with Crippen molar-refractivity contribution in [1.82, 2.24) is 5.32 Å². The molecule has 1 N–H and O–H groups in total. The number of hydrogen-bond acceptors (Lipinski definition) is 7. The zero-order valence-corrected chi connectivity index (χ0v) is 17.8. The van der Waals surface area contributed by atoms with Gasteiger partial charge in [-0.15, -0.1) is 11.8 Å². The van der Waals surface area contributed by atoms with Gasteiger partial charge in [0, 0.05) is 25.0 Å². The maximum atomic E-state index is 11.8. The van der Waals surface area contributed by atoms with E-state index < -0.39 is 0 Å². The smallest absolute Gasteiger partial charge is 0.240 e. The van der Waals surface area contributed by atoms with Gasteiger partial charge >= 0.3 is 0 Å². The van der Waals surface area contributed by atoms with Gasteiger partial charge in [0.05, 0.1) is 44.9 Å². The van der Waals surface area contributed by atoms with Gasteiger partial charge in [-0.1, -0.05) is 12.1 Å². The average Bonchev–Trinajstić information content (AvgIpc) is 2.72. The second kappa shape index (κ2) is 14.5. The molecule has 2 amide bonds. The predicted molar refractivity (Wildman–Crippen MR) is 111 cm³/mol. The van der Waals surface area contributed by atoms with Crippen LogP contribution in [0.4, 0.5) is 0 Å². The fourth-order valence-corrected chi connectivity index (χ4v) is 3.77. The molecule has 1 atom stereocenters. The summed E-state index contributed by atoms with van der Waals surface area (Å²) in [6.07, 6.45) is 2.89. The van der Waals surface area contributed by atoms with Crippen LogP contribution < -0.4 is 5.32 Å². The highest BCUT2D eigenvalue weighted by molar-refractivity contribution is 8.00. The van der Waals surface area contributed by atoms with E-state index in [1.165, 1.54) is 17.3 Å². The Labute approximate surface area is 176 Å². The van der Waals surface area contributed by atoms with Crippen molar-refractivity contribution in [3.63, 3.8) is 0 Å². The van der Waals surface area contributed by atoms with Gasteiger partial charge in [0.1, 0.15) is 0 Å². The van der Waals surface area contributed by atoms with E-state index in [-0.39, 0.29) is 17.1 Å². The van der Waals surface area contributed by atoms with Crippen molar-refractivity contribution in [1.29, 1.82) is 0 Å². The number of carbonyl (C=O) groups excluding carboxylic acids is 2. The zero-order chi connectivity index (χ0) is 20.7. The van der Waals surface area contributed by atoms with Crippen LogP contribution in [0.2, 0.25) is 0 Å². The van der Waals surface area contributed by atoms with E-state index in [1.54, 1.807) is 7.11 Å². The topological polar surface area (TPSA) is 83.1 Å². The average molecular weight is 426 g/mol. The SMILES string of the molecule is COCCOCCOCCOCCCc1ccc(SC2CCC(=O)NC2=O)cc1. The van der Waals surface area contributed by atoms with Crippen molar-refractivity contribution in [2.75, 3.05) is 53.4 Å². The summed E-state index contributed by atoms with van der Waals surface area (Å²) in [6.45, 7) is 4.18. The number of aryl methyl sites for hydroxylation is 1. The Morgan fingerprint density at radius 1 is 0.931 bits per heavy atom. The lowest BCUT2D eigenvalue weighted by Crippen LogP contribution is -2.42. The van der Waals surface area contributed by atoms with Gasteiger partial charge in [-0.3, -0.25) is 14.9 Å². The first-order chi connectivity index (χ1) is 14.2. The summed E-state index contributed by atoms with van der Waals surface area (Å²) in [5.41, 5.74) is 1.24. The van der Waals surface area contributed by atoms with Crippen molar-refractivity contribution in [3.05, 3.63) is 29.8 Å². The largest absolute Gasteiger partial charge is 0.382 e. The second-order valence-electron chi connectivity index (χ2n) is 6.64. The molecule has 1 aromatic rings. The number of benzene rings is 1. The first kappa shape index (κ1) is 23.8. The molecule has 0 aliphatic carbocycles. The number of nitrogens with one attached hydrogen (secondary N) is 1. The van der Waals surface area contributed by atoms with E-state index in [0.717, 1.165) is 17.7 Å². The van der Waals surface area contributed by atoms with Crippen LogP contribution in [-0.4, -0.2) is 70.4 Å². The van der Waals surface area contributed by atoms with Crippen molar-refractivity contribution >= 4 is 23.6 Å². The molecule has 29 heavy (non-hydrogen) atoms. The Morgan fingerprint density at radius 3 is 2.17 bits per heavy atom. The minimum absolute atomic E-state index is 0.178. The first-order valence-corrected chi connectivity index (χ1v) is 10.9. The van der Waals surface area contributed by atoms with Gasteiger partial charge < -0.3 is 18.9 Å². The summed E-state index contributed by atoms with van der Waals surface area (Å²) in [6, 6.07) is 8.24. The molecule has 7 nitrogen and oxygen atoms in total. The number of methoxy groups -OCH3 is 1. The fraction of sp³-hybridized carbons (Fsp3) is 0.619. The van der Waals surface area contributed by atoms with Crippen LogP contribution in [0.15, 0.2) is 29.2 Å². The first-order valence-electron chi connectivity index (χ1n) is 10.0. The standard InChI is InChI=1S/C21H31NO6S/c1-25-11-12-27-15-16-28-14-13-26-10-2-3-17-4-6-18(7-5-17)29-19-8-9-20(23)22-21(19)24/h4-7,19H,2-3,8-16H2,1H3,(H,22,23,24). The van der Waals surface area contributed by atoms with Crippen LogP contribution in [0.3, 0.4) is 0 Å². The molecule has 1 aromatic carbocycles. The lowest BCUT2D eigenvalue weighted by molar-refractivity contribution is -0.132. The summed E-state index contributed by atoms with van der Waals surface area (Å²) < 4.78 is 21.2. The summed E-state index contributed by atoms with van der Waals surface area (Å²) in [4.78, 5) is 24.1. The summed E-state index contributed by atoms with van der Waals surface area (Å²) in [5.74, 6) is -0.363. The number of hydrogen-bond donors (Lipinski definition) is 1. The van der Waals surface area contributed by atoms with E-state index >= 15 is 0 Å². The van der Waals surface area contributed by atoms with Gasteiger partial charge in [-0.05, 0) is 37.0 Å². The highest BCUT2D eigenvalue weighted by Gasteiger charge is 2.27. The Kier molecular flexibility index (Phi) is 11.9. The molecule has 8 heteroatoms. The Hall–Kier alpha value is -1.45. The molecule has 1 unspecified atom stereocenters. The molecule has 1 aliphatic rings. The molecular formula is C21H31NO6S. The van der Waals surface area contributed by atoms with E-state index in [0.29, 0.717) is 59.1 Å². The summed E-state index contributed by atoms with van der Waals surface area (Å²) >= 11 is 1.51. The predicted octanol–water partition coefficient (Wildman–Crippen LogP) is 2.21. The zero-order valence-electron chi connectivity index (χ0n) is 17.0. The molecule has 1 saturated heterocycles. The number of thioether (sulfide) groups is 1. The van der Waals surface area contributed by atoms with Crippen LogP contribution in [0.5, 0.6) is 0 Å². The van der Waals surface area contributed by atoms with Gasteiger partial charge in [0.2, 0.25) is 11.8 Å². The summed E-state index contributed by atoms with van der Waals surface area (Å²) in [7, 11) is 1.65. The molecule has 0 aromatic heterocycles. The highest BCUT2D eigenvalue weighted by atomic mass is 32.2. The van der Waals surface area contributed by atoms with Crippen molar-refractivity contribution < 1.29 is 28.5 Å². The van der Waals surface area contributed by atoms with Crippen LogP contribution in [0, 0.1) is 0 Å². The van der Waals surface area contributed by atoms with Gasteiger partial charge in [-0.2, -0.15) is 0 Å². The van der Waals surface area contributed by atoms with Gasteiger partial charge in [0.25, 0.3) is 0 Å². The number of rotatable bonds is 15. The van der Waals surface area contributed by atoms with Crippen LogP contribution in [0.1, 0.15) is 24.8 Å². The van der Waals surface area contributed by atoms with E-state index in [2.05, 4.69) is 17.4 Å². The van der Waals surface area contributed by atoms with E-state index in [1.807, 2.05) is 12.1 Å². The minimum Gasteiger partial charge on any atom is -0.382 e. The molecule has 1 heterocycles. The van der Waals surface area contributed by atoms with Crippen LogP contribution in [0.25, 0.3) is 0 Å². The molecule has 0 radical (unpaired) electrons. The van der Waals surface area contributed by atoms with Crippen LogP contribution >= 0.6 is 11.8 Å². The third-order valence-corrected chi connectivity index (χ3v) is 5.60. The van der Waals surface area contributed by atoms with Crippen molar-refractivity contribution in [2.24, 2.45) is 0 Å². The number of carbonyl (C=O) groups is 2. The third-order valence-electron chi connectivity index (χ3n) is 4.32. The van der Waals surface area contributed by atoms with Gasteiger partial charge in [-0.25, -0.2) is 0 Å². The quantitative estimate of drug-likeness (QED) is 0.341. The molecule has 0 spiro atoms. The lowest BCUT2D eigenvalue weighted by Gasteiger charge is -2.20. The molecule has 1 fully saturated rings. The number of piperidine rings is 1. The van der Waals surface area contributed by atoms with Crippen molar-refractivity contribution in [2.45, 2.75) is 35.8 Å². The minimum atomic E-state index is -0.189.